The molecule has 18 heavy (non-hydrogen) atoms. The van der Waals surface area contributed by atoms with Crippen LogP contribution in [0.1, 0.15) is 23.2 Å². The van der Waals surface area contributed by atoms with E-state index in [0.29, 0.717) is 5.56 Å². The standard InChI is InChI=1S/C12H14N2O3S/c13-18(16,17)11-7-5-9(6-8-11)12(15)14-10-3-1-2-4-10/h1-2,5-8,10H,3-4H2,(H,14,15)(H2,13,16,17). The largest absolute Gasteiger partial charge is 0.349 e. The normalized spacial score (nSPS) is 15.8. The second-order valence-corrected chi connectivity index (χ2v) is 5.74. The van der Waals surface area contributed by atoms with Crippen LogP contribution >= 0.6 is 0 Å². The van der Waals surface area contributed by atoms with Gasteiger partial charge >= 0.3 is 0 Å². The highest BCUT2D eigenvalue weighted by molar-refractivity contribution is 7.89. The summed E-state index contributed by atoms with van der Waals surface area (Å²) in [6.45, 7) is 0. The molecular weight excluding hydrogens is 252 g/mol. The van der Waals surface area contributed by atoms with Crippen molar-refractivity contribution < 1.29 is 13.2 Å². The molecule has 0 saturated heterocycles. The van der Waals surface area contributed by atoms with Crippen molar-refractivity contribution in [3.63, 3.8) is 0 Å². The number of hydrogen-bond acceptors (Lipinski definition) is 3. The molecule has 3 N–H and O–H groups in total. The Morgan fingerprint density at radius 2 is 1.72 bits per heavy atom. The topological polar surface area (TPSA) is 89.3 Å². The van der Waals surface area contributed by atoms with E-state index in [1.54, 1.807) is 0 Å². The van der Waals surface area contributed by atoms with Crippen LogP contribution in [0.3, 0.4) is 0 Å². The molecule has 6 heteroatoms. The van der Waals surface area contributed by atoms with Crippen molar-refractivity contribution in [3.05, 3.63) is 42.0 Å². The fourth-order valence-electron chi connectivity index (χ4n) is 1.80. The molecule has 1 aliphatic carbocycles. The van der Waals surface area contributed by atoms with Gasteiger partial charge in [0.15, 0.2) is 0 Å². The van der Waals surface area contributed by atoms with E-state index in [0.717, 1.165) is 12.8 Å². The lowest BCUT2D eigenvalue weighted by Gasteiger charge is -2.12. The third-order valence-electron chi connectivity index (χ3n) is 2.79. The SMILES string of the molecule is NS(=O)(=O)c1ccc(C(=O)NC2CC=CC2)cc1. The Kier molecular flexibility index (Phi) is 3.49. The molecule has 0 radical (unpaired) electrons. The second-order valence-electron chi connectivity index (χ2n) is 4.18. The van der Waals surface area contributed by atoms with Gasteiger partial charge in [0, 0.05) is 11.6 Å². The van der Waals surface area contributed by atoms with Crippen LogP contribution in [0, 0.1) is 0 Å². The zero-order valence-corrected chi connectivity index (χ0v) is 10.5. The predicted molar refractivity (Wildman–Crippen MR) is 67.4 cm³/mol. The van der Waals surface area contributed by atoms with Crippen molar-refractivity contribution in [1.82, 2.24) is 5.32 Å². The Labute approximate surface area is 106 Å². The molecule has 1 aromatic rings. The van der Waals surface area contributed by atoms with Crippen molar-refractivity contribution in [2.45, 2.75) is 23.8 Å². The van der Waals surface area contributed by atoms with Crippen LogP contribution in [0.2, 0.25) is 0 Å². The number of rotatable bonds is 3. The number of nitrogens with two attached hydrogens (primary N) is 1. The van der Waals surface area contributed by atoms with Gasteiger partial charge < -0.3 is 5.32 Å². The van der Waals surface area contributed by atoms with Gasteiger partial charge in [0.1, 0.15) is 0 Å². The van der Waals surface area contributed by atoms with E-state index < -0.39 is 10.0 Å². The van der Waals surface area contributed by atoms with Gasteiger partial charge in [-0.1, -0.05) is 12.2 Å². The van der Waals surface area contributed by atoms with E-state index in [1.165, 1.54) is 24.3 Å². The van der Waals surface area contributed by atoms with Crippen LogP contribution < -0.4 is 10.5 Å². The van der Waals surface area contributed by atoms with Crippen molar-refractivity contribution in [3.8, 4) is 0 Å². The molecule has 0 bridgehead atoms. The Morgan fingerprint density at radius 1 is 1.17 bits per heavy atom. The molecule has 0 aromatic heterocycles. The molecule has 1 aliphatic rings. The van der Waals surface area contributed by atoms with Gasteiger partial charge in [-0.15, -0.1) is 0 Å². The first-order valence-electron chi connectivity index (χ1n) is 5.55. The Balaban J connectivity index is 2.07. The number of benzene rings is 1. The average molecular weight is 266 g/mol. The van der Waals surface area contributed by atoms with Crippen LogP contribution in [-0.4, -0.2) is 20.4 Å². The van der Waals surface area contributed by atoms with Crippen molar-refractivity contribution in [2.24, 2.45) is 5.14 Å². The van der Waals surface area contributed by atoms with Gasteiger partial charge in [-0.25, -0.2) is 13.6 Å². The van der Waals surface area contributed by atoms with Crippen LogP contribution in [0.15, 0.2) is 41.3 Å². The van der Waals surface area contributed by atoms with Crippen LogP contribution in [0.5, 0.6) is 0 Å². The van der Waals surface area contributed by atoms with Crippen molar-refractivity contribution in [2.75, 3.05) is 0 Å². The highest BCUT2D eigenvalue weighted by Gasteiger charge is 2.15. The number of amides is 1. The average Bonchev–Trinajstić information content (AvgIpc) is 2.81. The van der Waals surface area contributed by atoms with E-state index in [4.69, 9.17) is 5.14 Å². The van der Waals surface area contributed by atoms with Crippen LogP contribution in [0.4, 0.5) is 0 Å². The first-order valence-corrected chi connectivity index (χ1v) is 7.10. The van der Waals surface area contributed by atoms with Gasteiger partial charge in [-0.2, -0.15) is 0 Å². The molecule has 0 aliphatic heterocycles. The summed E-state index contributed by atoms with van der Waals surface area (Å²) < 4.78 is 22.1. The van der Waals surface area contributed by atoms with Crippen LogP contribution in [-0.2, 0) is 10.0 Å². The number of sulfonamides is 1. The summed E-state index contributed by atoms with van der Waals surface area (Å²) in [5.74, 6) is -0.204. The maximum atomic E-state index is 11.8. The molecule has 5 nitrogen and oxygen atoms in total. The second kappa shape index (κ2) is 4.91. The quantitative estimate of drug-likeness (QED) is 0.792. The molecule has 96 valence electrons. The lowest BCUT2D eigenvalue weighted by molar-refractivity contribution is 0.0939. The summed E-state index contributed by atoms with van der Waals surface area (Å²) in [5, 5.41) is 7.85. The minimum Gasteiger partial charge on any atom is -0.349 e. The molecule has 1 amide bonds. The third kappa shape index (κ3) is 2.96. The van der Waals surface area contributed by atoms with Gasteiger partial charge in [0.05, 0.1) is 4.90 Å². The lowest BCUT2D eigenvalue weighted by atomic mass is 10.2. The van der Waals surface area contributed by atoms with Gasteiger partial charge in [-0.05, 0) is 37.1 Å². The van der Waals surface area contributed by atoms with E-state index in [9.17, 15) is 13.2 Å². The summed E-state index contributed by atoms with van der Waals surface area (Å²) in [6.07, 6.45) is 5.71. The molecule has 1 aromatic carbocycles. The molecule has 0 heterocycles. The Bertz CT molecular complexity index is 568. The first-order chi connectivity index (χ1) is 8.47. The minimum atomic E-state index is -3.71. The molecule has 2 rings (SSSR count). The molecule has 0 spiro atoms. The monoisotopic (exact) mass is 266 g/mol. The number of hydrogen-bond donors (Lipinski definition) is 2. The summed E-state index contributed by atoms with van der Waals surface area (Å²) in [5.41, 5.74) is 0.425. The fraction of sp³-hybridized carbons (Fsp3) is 0.250. The maximum absolute atomic E-state index is 11.8. The maximum Gasteiger partial charge on any atom is 0.251 e. The lowest BCUT2D eigenvalue weighted by Crippen LogP contribution is -2.32. The number of carbonyl (C=O) groups is 1. The van der Waals surface area contributed by atoms with E-state index in [-0.39, 0.29) is 16.8 Å². The third-order valence-corrected chi connectivity index (χ3v) is 3.72. The van der Waals surface area contributed by atoms with E-state index in [2.05, 4.69) is 5.32 Å². The number of carbonyl (C=O) groups excluding carboxylic acids is 1. The highest BCUT2D eigenvalue weighted by atomic mass is 32.2. The molecule has 0 atom stereocenters. The minimum absolute atomic E-state index is 0.00147. The summed E-state index contributed by atoms with van der Waals surface area (Å²) >= 11 is 0. The summed E-state index contributed by atoms with van der Waals surface area (Å²) in [6, 6.07) is 5.71. The zero-order chi connectivity index (χ0) is 13.2. The van der Waals surface area contributed by atoms with Crippen LogP contribution in [0.25, 0.3) is 0 Å². The molecule has 0 fully saturated rings. The van der Waals surface area contributed by atoms with E-state index in [1.807, 2.05) is 12.2 Å². The first kappa shape index (κ1) is 12.8. The Morgan fingerprint density at radius 3 is 2.22 bits per heavy atom. The molecular formula is C12H14N2O3S. The van der Waals surface area contributed by atoms with Gasteiger partial charge in [-0.3, -0.25) is 4.79 Å². The van der Waals surface area contributed by atoms with Gasteiger partial charge in [0.2, 0.25) is 10.0 Å². The van der Waals surface area contributed by atoms with Crippen molar-refractivity contribution >= 4 is 15.9 Å². The smallest absolute Gasteiger partial charge is 0.251 e. The Hall–Kier alpha value is -1.66. The van der Waals surface area contributed by atoms with Crippen molar-refractivity contribution in [1.29, 1.82) is 0 Å². The molecule has 0 unspecified atom stereocenters. The predicted octanol–water partition coefficient (Wildman–Crippen LogP) is 0.782. The van der Waals surface area contributed by atoms with Gasteiger partial charge in [0.25, 0.3) is 5.91 Å². The summed E-state index contributed by atoms with van der Waals surface area (Å²) in [7, 11) is -3.71. The fourth-order valence-corrected chi connectivity index (χ4v) is 2.32. The zero-order valence-electron chi connectivity index (χ0n) is 9.67. The number of primary sulfonamides is 1. The van der Waals surface area contributed by atoms with E-state index >= 15 is 0 Å². The summed E-state index contributed by atoms with van der Waals surface area (Å²) in [4.78, 5) is 11.8. The molecule has 0 saturated carbocycles. The number of nitrogens with one attached hydrogen (secondary N) is 1. The highest BCUT2D eigenvalue weighted by Crippen LogP contribution is 2.12.